The van der Waals surface area contributed by atoms with Crippen LogP contribution >= 0.6 is 0 Å². The van der Waals surface area contributed by atoms with E-state index in [-0.39, 0.29) is 6.17 Å². The first kappa shape index (κ1) is 16.7. The lowest BCUT2D eigenvalue weighted by Gasteiger charge is -2.24. The summed E-state index contributed by atoms with van der Waals surface area (Å²) >= 11 is 0. The summed E-state index contributed by atoms with van der Waals surface area (Å²) in [6, 6.07) is 0. The summed E-state index contributed by atoms with van der Waals surface area (Å²) in [4.78, 5) is 4.51. The molecule has 0 saturated carbocycles. The molecule has 0 heterocycles. The molecule has 4 heteroatoms. The topological polar surface area (TPSA) is 54.0 Å². The van der Waals surface area contributed by atoms with Crippen molar-refractivity contribution in [1.82, 2.24) is 5.01 Å². The van der Waals surface area contributed by atoms with Crippen LogP contribution in [0.4, 0.5) is 0 Å². The monoisotopic (exact) mass is 252 g/mol. The Labute approximate surface area is 112 Å². The maximum absolute atomic E-state index is 5.57. The van der Waals surface area contributed by atoms with Gasteiger partial charge in [0.2, 0.25) is 0 Å². The minimum atomic E-state index is 0.0894. The minimum absolute atomic E-state index is 0.0894. The molecule has 4 nitrogen and oxygen atoms in total. The highest BCUT2D eigenvalue weighted by Gasteiger charge is 2.09. The number of aliphatic imine (C=N–C) groups is 1. The zero-order valence-electron chi connectivity index (χ0n) is 12.4. The van der Waals surface area contributed by atoms with Crippen LogP contribution in [0.2, 0.25) is 0 Å². The predicted octanol–water partition coefficient (Wildman–Crippen LogP) is 3.01. The number of nitrogens with zero attached hydrogens (tertiary/aromatic N) is 3. The van der Waals surface area contributed by atoms with E-state index in [2.05, 4.69) is 30.9 Å². The third kappa shape index (κ3) is 8.79. The third-order valence-corrected chi connectivity index (χ3v) is 2.33. The van der Waals surface area contributed by atoms with Crippen LogP contribution in [0, 0.1) is 5.92 Å². The fourth-order valence-electron chi connectivity index (χ4n) is 1.51. The van der Waals surface area contributed by atoms with Crippen LogP contribution in [-0.2, 0) is 0 Å². The van der Waals surface area contributed by atoms with Crippen LogP contribution in [0.5, 0.6) is 0 Å². The summed E-state index contributed by atoms with van der Waals surface area (Å²) < 4.78 is 0. The van der Waals surface area contributed by atoms with Crippen molar-refractivity contribution in [1.29, 1.82) is 0 Å². The number of nitrogens with two attached hydrogens (primary N) is 1. The van der Waals surface area contributed by atoms with E-state index in [1.165, 1.54) is 0 Å². The van der Waals surface area contributed by atoms with Gasteiger partial charge in [-0.05, 0) is 39.5 Å². The zero-order valence-corrected chi connectivity index (χ0v) is 12.4. The largest absolute Gasteiger partial charge is 0.403 e. The van der Waals surface area contributed by atoms with Crippen molar-refractivity contribution in [3.05, 3.63) is 11.8 Å². The number of unbranched alkanes of at least 4 members (excludes halogenated alkanes) is 1. The highest BCUT2D eigenvalue weighted by Crippen LogP contribution is 2.06. The molecule has 0 aromatic rings. The quantitative estimate of drug-likeness (QED) is 0.410. The Hall–Kier alpha value is -1.32. The van der Waals surface area contributed by atoms with Crippen LogP contribution in [0.25, 0.3) is 0 Å². The summed E-state index contributed by atoms with van der Waals surface area (Å²) in [5.41, 5.74) is 6.44. The first-order valence-corrected chi connectivity index (χ1v) is 6.66. The summed E-state index contributed by atoms with van der Waals surface area (Å²) in [6.45, 7) is 11.2. The lowest BCUT2D eigenvalue weighted by atomic mass is 10.2. The molecule has 0 aliphatic carbocycles. The van der Waals surface area contributed by atoms with E-state index in [4.69, 9.17) is 5.73 Å². The lowest BCUT2D eigenvalue weighted by molar-refractivity contribution is 0.201. The zero-order chi connectivity index (χ0) is 14.0. The van der Waals surface area contributed by atoms with Crippen LogP contribution in [0.15, 0.2) is 21.9 Å². The second-order valence-corrected chi connectivity index (χ2v) is 4.88. The van der Waals surface area contributed by atoms with E-state index in [1.807, 2.05) is 37.4 Å². The highest BCUT2D eigenvalue weighted by molar-refractivity contribution is 5.57. The summed E-state index contributed by atoms with van der Waals surface area (Å²) in [6.07, 6.45) is 7.75. The fourth-order valence-corrected chi connectivity index (χ4v) is 1.51. The summed E-state index contributed by atoms with van der Waals surface area (Å²) in [7, 11) is 0. The van der Waals surface area contributed by atoms with Gasteiger partial charge >= 0.3 is 0 Å². The average Bonchev–Trinajstić information content (AvgIpc) is 2.26. The molecule has 0 aromatic carbocycles. The average molecular weight is 252 g/mol. The number of rotatable bonds is 8. The van der Waals surface area contributed by atoms with E-state index < -0.39 is 0 Å². The second kappa shape index (κ2) is 9.68. The summed E-state index contributed by atoms with van der Waals surface area (Å²) in [5.74, 6) is 0.578. The maximum atomic E-state index is 5.57. The molecule has 0 bridgehead atoms. The van der Waals surface area contributed by atoms with Crippen LogP contribution in [0.1, 0.15) is 47.5 Å². The molecule has 0 radical (unpaired) electrons. The van der Waals surface area contributed by atoms with Crippen molar-refractivity contribution in [3.63, 3.8) is 0 Å². The number of hydrogen-bond donors (Lipinski definition) is 1. The molecule has 0 aromatic heterocycles. The van der Waals surface area contributed by atoms with Gasteiger partial charge in [0, 0.05) is 24.7 Å². The Morgan fingerprint density at radius 3 is 2.44 bits per heavy atom. The van der Waals surface area contributed by atoms with Crippen LogP contribution in [-0.4, -0.2) is 30.1 Å². The normalized spacial score (nSPS) is 14.9. The Morgan fingerprint density at radius 2 is 1.94 bits per heavy atom. The molecule has 1 unspecified atom stereocenters. The molecule has 18 heavy (non-hydrogen) atoms. The van der Waals surface area contributed by atoms with Gasteiger partial charge in [-0.2, -0.15) is 5.10 Å². The smallest absolute Gasteiger partial charge is 0.133 e. The van der Waals surface area contributed by atoms with Crippen LogP contribution < -0.4 is 5.73 Å². The van der Waals surface area contributed by atoms with Gasteiger partial charge in [-0.25, -0.2) is 0 Å². The molecule has 2 N–H and O–H groups in total. The van der Waals surface area contributed by atoms with Gasteiger partial charge < -0.3 is 5.73 Å². The first-order chi connectivity index (χ1) is 8.47. The van der Waals surface area contributed by atoms with E-state index in [1.54, 1.807) is 0 Å². The van der Waals surface area contributed by atoms with Crippen LogP contribution in [0.3, 0.4) is 0 Å². The van der Waals surface area contributed by atoms with Crippen molar-refractivity contribution in [2.45, 2.75) is 53.6 Å². The molecule has 0 aliphatic rings. The molecular formula is C14H28N4. The van der Waals surface area contributed by atoms with Gasteiger partial charge in [0.1, 0.15) is 6.17 Å². The number of hydrazone groups is 1. The van der Waals surface area contributed by atoms with Crippen molar-refractivity contribution in [2.24, 2.45) is 21.7 Å². The minimum Gasteiger partial charge on any atom is -0.403 e. The number of hydrogen-bond acceptors (Lipinski definition) is 4. The standard InChI is InChI=1S/C14H28N4/c1-6-17-18(11-12(2)3)14(5)16-10-8-7-9-13(4)15/h6,9-10,12,14H,7-8,11,15H2,1-5H3/b13-9+,16-10-,17-6-. The van der Waals surface area contributed by atoms with Gasteiger partial charge in [-0.15, -0.1) is 0 Å². The molecular weight excluding hydrogens is 224 g/mol. The van der Waals surface area contributed by atoms with Crippen molar-refractivity contribution in [3.8, 4) is 0 Å². The van der Waals surface area contributed by atoms with Crippen molar-refractivity contribution >= 4 is 12.4 Å². The molecule has 0 aliphatic heterocycles. The SMILES string of the molecule is C/C=N\N(CC(C)C)C(C)/N=C\CC/C=C(\C)N. The molecule has 104 valence electrons. The maximum Gasteiger partial charge on any atom is 0.133 e. The fraction of sp³-hybridized carbons (Fsp3) is 0.714. The molecule has 0 amide bonds. The van der Waals surface area contributed by atoms with Crippen molar-refractivity contribution < 1.29 is 0 Å². The van der Waals surface area contributed by atoms with E-state index >= 15 is 0 Å². The molecule has 1 atom stereocenters. The second-order valence-electron chi connectivity index (χ2n) is 4.88. The molecule has 0 spiro atoms. The van der Waals surface area contributed by atoms with E-state index in [0.717, 1.165) is 25.1 Å². The highest BCUT2D eigenvalue weighted by atomic mass is 15.5. The van der Waals surface area contributed by atoms with Gasteiger partial charge in [0.25, 0.3) is 0 Å². The van der Waals surface area contributed by atoms with Gasteiger partial charge in [-0.3, -0.25) is 10.0 Å². The lowest BCUT2D eigenvalue weighted by Crippen LogP contribution is -2.30. The Morgan fingerprint density at radius 1 is 1.28 bits per heavy atom. The first-order valence-electron chi connectivity index (χ1n) is 6.66. The van der Waals surface area contributed by atoms with Gasteiger partial charge in [0.15, 0.2) is 0 Å². The Balaban J connectivity index is 4.19. The Bertz CT molecular complexity index is 288. The van der Waals surface area contributed by atoms with Gasteiger partial charge in [-0.1, -0.05) is 19.9 Å². The third-order valence-electron chi connectivity index (χ3n) is 2.33. The van der Waals surface area contributed by atoms with Crippen molar-refractivity contribution in [2.75, 3.05) is 6.54 Å². The van der Waals surface area contributed by atoms with E-state index in [0.29, 0.717) is 5.92 Å². The molecule has 0 fully saturated rings. The Kier molecular flexibility index (Phi) is 8.97. The molecule has 0 rings (SSSR count). The number of allylic oxidation sites excluding steroid dienone is 2. The molecule has 0 saturated heterocycles. The van der Waals surface area contributed by atoms with Gasteiger partial charge in [0.05, 0.1) is 0 Å². The summed E-state index contributed by atoms with van der Waals surface area (Å²) in [5, 5.41) is 6.37. The van der Waals surface area contributed by atoms with E-state index in [9.17, 15) is 0 Å². The predicted molar refractivity (Wildman–Crippen MR) is 80.8 cm³/mol.